The van der Waals surface area contributed by atoms with Gasteiger partial charge < -0.3 is 0 Å². The van der Waals surface area contributed by atoms with E-state index in [4.69, 9.17) is 5.10 Å². The zero-order chi connectivity index (χ0) is 22.8. The number of carbonyl (C=O) groups excluding carboxylic acids is 2. The van der Waals surface area contributed by atoms with Crippen LogP contribution in [-0.2, 0) is 9.59 Å². The summed E-state index contributed by atoms with van der Waals surface area (Å²) in [6, 6.07) is 19.4. The number of halogens is 1. The van der Waals surface area contributed by atoms with Crippen LogP contribution in [0.3, 0.4) is 0 Å². The summed E-state index contributed by atoms with van der Waals surface area (Å²) in [6.45, 7) is 3.54. The van der Waals surface area contributed by atoms with Crippen LogP contribution in [0.1, 0.15) is 19.4 Å². The SMILES string of the molecule is CCN1C(=O)C(C#N)=C(C)/C(=C\c2cn(-c3ccccc3)nc2-c2ccc(Br)cc2)C1=O. The lowest BCUT2D eigenvalue weighted by Crippen LogP contribution is -2.42. The molecule has 1 aliphatic rings. The Morgan fingerprint density at radius 1 is 1.06 bits per heavy atom. The smallest absolute Gasteiger partial charge is 0.271 e. The highest BCUT2D eigenvalue weighted by Gasteiger charge is 2.34. The van der Waals surface area contributed by atoms with Gasteiger partial charge in [0.1, 0.15) is 11.6 Å². The molecule has 0 aliphatic carbocycles. The summed E-state index contributed by atoms with van der Waals surface area (Å²) >= 11 is 3.45. The van der Waals surface area contributed by atoms with E-state index in [1.54, 1.807) is 24.6 Å². The van der Waals surface area contributed by atoms with Crippen LogP contribution in [-0.4, -0.2) is 33.0 Å². The number of nitriles is 1. The predicted octanol–water partition coefficient (Wildman–Crippen LogP) is 4.91. The van der Waals surface area contributed by atoms with Gasteiger partial charge in [0, 0.05) is 33.9 Å². The second-order valence-electron chi connectivity index (χ2n) is 7.24. The molecule has 2 amide bonds. The predicted molar refractivity (Wildman–Crippen MR) is 125 cm³/mol. The third-order valence-corrected chi connectivity index (χ3v) is 5.85. The molecule has 158 valence electrons. The number of benzene rings is 2. The van der Waals surface area contributed by atoms with Gasteiger partial charge in [0.05, 0.1) is 11.4 Å². The lowest BCUT2D eigenvalue weighted by atomic mass is 9.93. The van der Waals surface area contributed by atoms with E-state index >= 15 is 0 Å². The fourth-order valence-corrected chi connectivity index (χ4v) is 3.87. The maximum atomic E-state index is 13.1. The first-order valence-corrected chi connectivity index (χ1v) is 10.8. The van der Waals surface area contributed by atoms with Crippen LogP contribution in [0, 0.1) is 11.3 Å². The molecule has 2 aromatic carbocycles. The molecule has 0 radical (unpaired) electrons. The maximum absolute atomic E-state index is 13.1. The molecule has 6 nitrogen and oxygen atoms in total. The summed E-state index contributed by atoms with van der Waals surface area (Å²) in [5.41, 5.74) is 3.83. The summed E-state index contributed by atoms with van der Waals surface area (Å²) in [4.78, 5) is 26.7. The Bertz CT molecular complexity index is 1310. The average molecular weight is 487 g/mol. The Hall–Kier alpha value is -3.76. The van der Waals surface area contributed by atoms with Crippen LogP contribution in [0.4, 0.5) is 0 Å². The number of aromatic nitrogens is 2. The molecule has 0 saturated heterocycles. The first-order chi connectivity index (χ1) is 15.4. The first-order valence-electron chi connectivity index (χ1n) is 10.0. The lowest BCUT2D eigenvalue weighted by molar-refractivity contribution is -0.140. The minimum Gasteiger partial charge on any atom is -0.274 e. The third kappa shape index (κ3) is 3.81. The fourth-order valence-electron chi connectivity index (χ4n) is 3.61. The lowest BCUT2D eigenvalue weighted by Gasteiger charge is -2.26. The van der Waals surface area contributed by atoms with E-state index in [1.807, 2.05) is 66.9 Å². The number of hydrogen-bond donors (Lipinski definition) is 0. The number of amides is 2. The Balaban J connectivity index is 1.93. The summed E-state index contributed by atoms with van der Waals surface area (Å²) in [5, 5.41) is 14.3. The van der Waals surface area contributed by atoms with Gasteiger partial charge in [0.25, 0.3) is 11.8 Å². The van der Waals surface area contributed by atoms with Gasteiger partial charge in [-0.15, -0.1) is 0 Å². The van der Waals surface area contributed by atoms with Gasteiger partial charge in [-0.25, -0.2) is 4.68 Å². The molecular formula is C25H19BrN4O2. The Labute approximate surface area is 194 Å². The van der Waals surface area contributed by atoms with Gasteiger partial charge in [0.15, 0.2) is 0 Å². The maximum Gasteiger partial charge on any atom is 0.271 e. The van der Waals surface area contributed by atoms with E-state index in [2.05, 4.69) is 15.9 Å². The highest BCUT2D eigenvalue weighted by molar-refractivity contribution is 9.10. The van der Waals surface area contributed by atoms with E-state index in [9.17, 15) is 14.9 Å². The van der Waals surface area contributed by atoms with Crippen molar-refractivity contribution in [3.8, 4) is 23.0 Å². The average Bonchev–Trinajstić information content (AvgIpc) is 3.22. The number of para-hydroxylation sites is 1. The largest absolute Gasteiger partial charge is 0.274 e. The van der Waals surface area contributed by atoms with Crippen molar-refractivity contribution in [2.75, 3.05) is 6.54 Å². The normalized spacial score (nSPS) is 15.4. The van der Waals surface area contributed by atoms with Crippen LogP contribution in [0.15, 0.2) is 82.0 Å². The van der Waals surface area contributed by atoms with Crippen LogP contribution in [0.25, 0.3) is 23.0 Å². The van der Waals surface area contributed by atoms with Gasteiger partial charge in [-0.2, -0.15) is 10.4 Å². The molecule has 0 saturated carbocycles. The van der Waals surface area contributed by atoms with Crippen molar-refractivity contribution in [3.05, 3.63) is 87.5 Å². The van der Waals surface area contributed by atoms with Crippen LogP contribution >= 0.6 is 15.9 Å². The zero-order valence-corrected chi connectivity index (χ0v) is 19.1. The molecule has 0 N–H and O–H groups in total. The summed E-state index contributed by atoms with van der Waals surface area (Å²) < 4.78 is 2.70. The van der Waals surface area contributed by atoms with Gasteiger partial charge >= 0.3 is 0 Å². The van der Waals surface area contributed by atoms with E-state index in [-0.39, 0.29) is 12.1 Å². The number of nitrogens with zero attached hydrogens (tertiary/aromatic N) is 4. The van der Waals surface area contributed by atoms with Crippen LogP contribution < -0.4 is 0 Å². The molecule has 0 unspecified atom stereocenters. The van der Waals surface area contributed by atoms with Crippen molar-refractivity contribution in [2.24, 2.45) is 0 Å². The summed E-state index contributed by atoms with van der Waals surface area (Å²) in [7, 11) is 0. The molecule has 0 fully saturated rings. The second-order valence-corrected chi connectivity index (χ2v) is 8.16. The Morgan fingerprint density at radius 3 is 2.38 bits per heavy atom. The van der Waals surface area contributed by atoms with Crippen molar-refractivity contribution < 1.29 is 9.59 Å². The standard InChI is InChI=1S/C25H19BrN4O2/c1-3-29-24(31)21(16(2)22(14-27)25(29)32)13-18-15-30(20-7-5-4-6-8-20)28-23(18)17-9-11-19(26)12-10-17/h4-13,15H,3H2,1-2H3/b21-13+. The van der Waals surface area contributed by atoms with E-state index < -0.39 is 11.8 Å². The Kier molecular flexibility index (Phi) is 5.89. The number of rotatable bonds is 4. The zero-order valence-electron chi connectivity index (χ0n) is 17.5. The van der Waals surface area contributed by atoms with Crippen molar-refractivity contribution in [1.82, 2.24) is 14.7 Å². The van der Waals surface area contributed by atoms with E-state index in [0.29, 0.717) is 22.4 Å². The molecule has 3 aromatic rings. The number of likely N-dealkylation sites (N-methyl/N-ethyl adjacent to an activating group) is 1. The van der Waals surface area contributed by atoms with E-state index in [1.165, 1.54) is 0 Å². The molecule has 1 aromatic heterocycles. The quantitative estimate of drug-likeness (QED) is 0.387. The highest BCUT2D eigenvalue weighted by Crippen LogP contribution is 2.31. The highest BCUT2D eigenvalue weighted by atomic mass is 79.9. The molecule has 4 rings (SSSR count). The monoisotopic (exact) mass is 486 g/mol. The molecule has 7 heteroatoms. The van der Waals surface area contributed by atoms with Crippen LogP contribution in [0.5, 0.6) is 0 Å². The molecule has 0 bridgehead atoms. The molecule has 32 heavy (non-hydrogen) atoms. The second kappa shape index (κ2) is 8.77. The minimum atomic E-state index is -0.553. The van der Waals surface area contributed by atoms with Crippen molar-refractivity contribution in [2.45, 2.75) is 13.8 Å². The molecule has 0 spiro atoms. The molecule has 1 aliphatic heterocycles. The topological polar surface area (TPSA) is 79.0 Å². The van der Waals surface area contributed by atoms with Gasteiger partial charge in [0.2, 0.25) is 0 Å². The molecule has 2 heterocycles. The van der Waals surface area contributed by atoms with Gasteiger partial charge in [-0.05, 0) is 49.8 Å². The summed E-state index contributed by atoms with van der Waals surface area (Å²) in [6.07, 6.45) is 3.56. The molecular weight excluding hydrogens is 468 g/mol. The van der Waals surface area contributed by atoms with Crippen LogP contribution in [0.2, 0.25) is 0 Å². The van der Waals surface area contributed by atoms with Crippen molar-refractivity contribution >= 4 is 33.8 Å². The first kappa shape index (κ1) is 21.5. The van der Waals surface area contributed by atoms with Gasteiger partial charge in [-0.3, -0.25) is 14.5 Å². The third-order valence-electron chi connectivity index (χ3n) is 5.32. The molecule has 0 atom stereocenters. The summed E-state index contributed by atoms with van der Waals surface area (Å²) in [5.74, 6) is -0.967. The fraction of sp³-hybridized carbons (Fsp3) is 0.120. The number of imide groups is 1. The van der Waals surface area contributed by atoms with E-state index in [0.717, 1.165) is 20.6 Å². The van der Waals surface area contributed by atoms with Gasteiger partial charge in [-0.1, -0.05) is 46.3 Å². The number of carbonyl (C=O) groups is 2. The van der Waals surface area contributed by atoms with Crippen molar-refractivity contribution in [3.63, 3.8) is 0 Å². The number of hydrogen-bond acceptors (Lipinski definition) is 4. The Morgan fingerprint density at radius 2 is 1.75 bits per heavy atom. The minimum absolute atomic E-state index is 0.0154. The van der Waals surface area contributed by atoms with Crippen molar-refractivity contribution in [1.29, 1.82) is 5.26 Å².